The van der Waals surface area contributed by atoms with Gasteiger partial charge in [0.25, 0.3) is 0 Å². The minimum atomic E-state index is -3.11. The van der Waals surface area contributed by atoms with Gasteiger partial charge in [0.1, 0.15) is 0 Å². The Morgan fingerprint density at radius 1 is 0.882 bits per heavy atom. The third-order valence-electron chi connectivity index (χ3n) is 2.74. The van der Waals surface area contributed by atoms with E-state index in [4.69, 9.17) is 0 Å². The van der Waals surface area contributed by atoms with Crippen molar-refractivity contribution >= 4 is 9.84 Å². The fourth-order valence-corrected chi connectivity index (χ4v) is 2.41. The SMILES string of the molecule is Cc1ccccc1-c1ccc(S(C)(=O)=O)cc1. The molecule has 0 aromatic heterocycles. The number of rotatable bonds is 2. The Labute approximate surface area is 102 Å². The van der Waals surface area contributed by atoms with E-state index in [0.29, 0.717) is 4.90 Å². The van der Waals surface area contributed by atoms with Crippen molar-refractivity contribution in [3.63, 3.8) is 0 Å². The van der Waals surface area contributed by atoms with Gasteiger partial charge >= 0.3 is 0 Å². The number of sulfone groups is 1. The van der Waals surface area contributed by atoms with Gasteiger partial charge in [-0.1, -0.05) is 36.4 Å². The van der Waals surface area contributed by atoms with Gasteiger partial charge in [0.05, 0.1) is 4.90 Å². The van der Waals surface area contributed by atoms with Crippen molar-refractivity contribution in [2.24, 2.45) is 0 Å². The van der Waals surface area contributed by atoms with Crippen LogP contribution < -0.4 is 0 Å². The van der Waals surface area contributed by atoms with Gasteiger partial charge in [-0.25, -0.2) is 8.42 Å². The molecule has 0 saturated carbocycles. The van der Waals surface area contributed by atoms with Gasteiger partial charge in [-0.3, -0.25) is 0 Å². The Kier molecular flexibility index (Phi) is 3.03. The molecule has 0 aliphatic heterocycles. The predicted molar refractivity (Wildman–Crippen MR) is 69.7 cm³/mol. The third kappa shape index (κ3) is 2.56. The summed E-state index contributed by atoms with van der Waals surface area (Å²) in [5.74, 6) is 0. The van der Waals surface area contributed by atoms with Gasteiger partial charge in [-0.2, -0.15) is 0 Å². The highest BCUT2D eigenvalue weighted by molar-refractivity contribution is 7.90. The van der Waals surface area contributed by atoms with Crippen LogP contribution in [0.1, 0.15) is 5.56 Å². The maximum atomic E-state index is 11.3. The fraction of sp³-hybridized carbons (Fsp3) is 0.143. The molecule has 0 unspecified atom stereocenters. The summed E-state index contributed by atoms with van der Waals surface area (Å²) < 4.78 is 22.7. The van der Waals surface area contributed by atoms with Crippen LogP contribution in [0.3, 0.4) is 0 Å². The van der Waals surface area contributed by atoms with Gasteiger partial charge in [-0.15, -0.1) is 0 Å². The van der Waals surface area contributed by atoms with Crippen molar-refractivity contribution in [1.82, 2.24) is 0 Å². The Morgan fingerprint density at radius 2 is 1.47 bits per heavy atom. The molecule has 0 saturated heterocycles. The first-order valence-corrected chi connectivity index (χ1v) is 7.24. The van der Waals surface area contributed by atoms with Crippen LogP contribution in [-0.4, -0.2) is 14.7 Å². The van der Waals surface area contributed by atoms with Gasteiger partial charge in [0.2, 0.25) is 0 Å². The second-order valence-electron chi connectivity index (χ2n) is 4.11. The smallest absolute Gasteiger partial charge is 0.175 e. The molecule has 2 aromatic carbocycles. The first-order chi connectivity index (χ1) is 7.98. The molecule has 0 fully saturated rings. The lowest BCUT2D eigenvalue weighted by molar-refractivity contribution is 0.602. The zero-order valence-electron chi connectivity index (χ0n) is 9.84. The largest absolute Gasteiger partial charge is 0.224 e. The van der Waals surface area contributed by atoms with Crippen LogP contribution in [0.4, 0.5) is 0 Å². The molecule has 0 radical (unpaired) electrons. The highest BCUT2D eigenvalue weighted by Crippen LogP contribution is 2.24. The van der Waals surface area contributed by atoms with Crippen molar-refractivity contribution in [2.75, 3.05) is 6.26 Å². The van der Waals surface area contributed by atoms with Gasteiger partial charge < -0.3 is 0 Å². The monoisotopic (exact) mass is 246 g/mol. The van der Waals surface area contributed by atoms with Crippen LogP contribution in [0, 0.1) is 6.92 Å². The highest BCUT2D eigenvalue weighted by Gasteiger charge is 2.07. The molecule has 0 bridgehead atoms. The molecule has 0 atom stereocenters. The Bertz CT molecular complexity index is 626. The van der Waals surface area contributed by atoms with Crippen molar-refractivity contribution in [3.05, 3.63) is 54.1 Å². The summed E-state index contributed by atoms with van der Waals surface area (Å²) in [5, 5.41) is 0. The van der Waals surface area contributed by atoms with Crippen LogP contribution in [-0.2, 0) is 9.84 Å². The van der Waals surface area contributed by atoms with E-state index in [-0.39, 0.29) is 0 Å². The summed E-state index contributed by atoms with van der Waals surface area (Å²) in [6.07, 6.45) is 1.22. The number of hydrogen-bond donors (Lipinski definition) is 0. The summed E-state index contributed by atoms with van der Waals surface area (Å²) in [5.41, 5.74) is 3.35. The molecule has 0 N–H and O–H groups in total. The second-order valence-corrected chi connectivity index (χ2v) is 6.13. The molecular weight excluding hydrogens is 232 g/mol. The normalized spacial score (nSPS) is 11.4. The van der Waals surface area contributed by atoms with E-state index >= 15 is 0 Å². The highest BCUT2D eigenvalue weighted by atomic mass is 32.2. The molecule has 2 aromatic rings. The minimum absolute atomic E-state index is 0.356. The van der Waals surface area contributed by atoms with Crippen molar-refractivity contribution in [3.8, 4) is 11.1 Å². The zero-order valence-corrected chi connectivity index (χ0v) is 10.7. The molecule has 0 heterocycles. The fourth-order valence-electron chi connectivity index (χ4n) is 1.78. The molecule has 0 amide bonds. The average molecular weight is 246 g/mol. The van der Waals surface area contributed by atoms with Gasteiger partial charge in [0, 0.05) is 6.26 Å². The van der Waals surface area contributed by atoms with Crippen molar-refractivity contribution in [2.45, 2.75) is 11.8 Å². The van der Waals surface area contributed by atoms with Crippen molar-refractivity contribution in [1.29, 1.82) is 0 Å². The van der Waals surface area contributed by atoms with Crippen LogP contribution in [0.25, 0.3) is 11.1 Å². The summed E-state index contributed by atoms with van der Waals surface area (Å²) in [7, 11) is -3.11. The molecule has 0 aliphatic carbocycles. The van der Waals surface area contributed by atoms with Crippen LogP contribution in [0.5, 0.6) is 0 Å². The molecule has 17 heavy (non-hydrogen) atoms. The quantitative estimate of drug-likeness (QED) is 0.816. The lowest BCUT2D eigenvalue weighted by Crippen LogP contribution is -1.96. The second kappa shape index (κ2) is 4.34. The number of aryl methyl sites for hydroxylation is 1. The van der Waals surface area contributed by atoms with E-state index in [2.05, 4.69) is 0 Å². The van der Waals surface area contributed by atoms with Gasteiger partial charge in [0.15, 0.2) is 9.84 Å². The van der Waals surface area contributed by atoms with E-state index in [0.717, 1.165) is 11.1 Å². The minimum Gasteiger partial charge on any atom is -0.224 e. The van der Waals surface area contributed by atoms with Crippen LogP contribution in [0.2, 0.25) is 0 Å². The molecule has 3 heteroatoms. The summed E-state index contributed by atoms with van der Waals surface area (Å²) >= 11 is 0. The molecule has 0 spiro atoms. The Morgan fingerprint density at radius 3 is 2.00 bits per heavy atom. The van der Waals surface area contributed by atoms with Crippen LogP contribution >= 0.6 is 0 Å². The number of hydrogen-bond acceptors (Lipinski definition) is 2. The van der Waals surface area contributed by atoms with E-state index in [1.165, 1.54) is 11.8 Å². The standard InChI is InChI=1S/C14H14O2S/c1-11-5-3-4-6-14(11)12-7-9-13(10-8-12)17(2,15)16/h3-10H,1-2H3. The summed E-state index contributed by atoms with van der Waals surface area (Å²) in [6.45, 7) is 2.04. The summed E-state index contributed by atoms with van der Waals surface area (Å²) in [6, 6.07) is 15.0. The summed E-state index contributed by atoms with van der Waals surface area (Å²) in [4.78, 5) is 0.356. The Balaban J connectivity index is 2.47. The van der Waals surface area contributed by atoms with E-state index in [9.17, 15) is 8.42 Å². The van der Waals surface area contributed by atoms with E-state index in [1.54, 1.807) is 12.1 Å². The first kappa shape index (κ1) is 11.9. The van der Waals surface area contributed by atoms with E-state index < -0.39 is 9.84 Å². The van der Waals surface area contributed by atoms with Gasteiger partial charge in [-0.05, 0) is 35.7 Å². The Hall–Kier alpha value is -1.61. The topological polar surface area (TPSA) is 34.1 Å². The lowest BCUT2D eigenvalue weighted by Gasteiger charge is -2.06. The van der Waals surface area contributed by atoms with Crippen LogP contribution in [0.15, 0.2) is 53.4 Å². The number of benzene rings is 2. The maximum absolute atomic E-state index is 11.3. The predicted octanol–water partition coefficient (Wildman–Crippen LogP) is 3.07. The molecule has 2 rings (SSSR count). The lowest BCUT2D eigenvalue weighted by atomic mass is 10.0. The first-order valence-electron chi connectivity index (χ1n) is 5.34. The zero-order chi connectivity index (χ0) is 12.5. The van der Waals surface area contributed by atoms with E-state index in [1.807, 2.05) is 43.3 Å². The molecular formula is C14H14O2S. The molecule has 88 valence electrons. The molecule has 2 nitrogen and oxygen atoms in total. The van der Waals surface area contributed by atoms with Crippen molar-refractivity contribution < 1.29 is 8.42 Å². The third-order valence-corrected chi connectivity index (χ3v) is 3.87. The average Bonchev–Trinajstić information content (AvgIpc) is 2.29. The maximum Gasteiger partial charge on any atom is 0.175 e. The molecule has 0 aliphatic rings.